The topological polar surface area (TPSA) is 70.3 Å². The average molecular weight is 303 g/mol. The van der Waals surface area contributed by atoms with Gasteiger partial charge in [0.15, 0.2) is 0 Å². The Morgan fingerprint density at radius 3 is 2.71 bits per heavy atom. The molecule has 0 bridgehead atoms. The van der Waals surface area contributed by atoms with Crippen molar-refractivity contribution in [1.82, 2.24) is 10.2 Å². The highest BCUT2D eigenvalue weighted by Gasteiger charge is 2.15. The highest BCUT2D eigenvalue weighted by atomic mass is 32.1. The summed E-state index contributed by atoms with van der Waals surface area (Å²) in [6.07, 6.45) is 0. The monoisotopic (exact) mass is 303 g/mol. The van der Waals surface area contributed by atoms with Crippen LogP contribution in [0, 0.1) is 13.8 Å². The van der Waals surface area contributed by atoms with Crippen LogP contribution >= 0.6 is 12.2 Å². The summed E-state index contributed by atoms with van der Waals surface area (Å²) >= 11 is 5.08. The van der Waals surface area contributed by atoms with Gasteiger partial charge in [0, 0.05) is 0 Å². The van der Waals surface area contributed by atoms with Gasteiger partial charge in [-0.2, -0.15) is 5.10 Å². The van der Waals surface area contributed by atoms with E-state index in [4.69, 9.17) is 27.4 Å². The number of benzene rings is 1. The normalized spacial score (nSPS) is 10.2. The summed E-state index contributed by atoms with van der Waals surface area (Å²) in [5.41, 5.74) is 9.03. The number of aromatic nitrogens is 2. The number of methoxy groups -OCH3 is 1. The van der Waals surface area contributed by atoms with Gasteiger partial charge in [-0.3, -0.25) is 0 Å². The maximum Gasteiger partial charge on any atom is 0.244 e. The van der Waals surface area contributed by atoms with Crippen molar-refractivity contribution in [3.8, 4) is 11.6 Å². The second-order valence-electron chi connectivity index (χ2n) is 4.60. The third-order valence-electron chi connectivity index (χ3n) is 3.18. The van der Waals surface area contributed by atoms with E-state index in [2.05, 4.69) is 10.2 Å². The van der Waals surface area contributed by atoms with Gasteiger partial charge < -0.3 is 15.2 Å². The maximum absolute atomic E-state index is 5.76. The Bertz CT molecular complexity index is 674. The lowest BCUT2D eigenvalue weighted by atomic mass is 10.1. The number of thiocarbonyl (C=S) groups is 1. The Morgan fingerprint density at radius 2 is 2.05 bits per heavy atom. The average Bonchev–Trinajstić information content (AvgIpc) is 2.48. The highest BCUT2D eigenvalue weighted by molar-refractivity contribution is 7.80. The van der Waals surface area contributed by atoms with E-state index in [-0.39, 0.29) is 4.99 Å². The quantitative estimate of drug-likeness (QED) is 0.855. The van der Waals surface area contributed by atoms with Gasteiger partial charge in [-0.1, -0.05) is 24.4 Å². The summed E-state index contributed by atoms with van der Waals surface area (Å²) in [6, 6.07) is 7.62. The van der Waals surface area contributed by atoms with Crippen LogP contribution in [0.15, 0.2) is 24.3 Å². The molecule has 0 radical (unpaired) electrons. The number of hydrogen-bond donors (Lipinski definition) is 1. The van der Waals surface area contributed by atoms with Gasteiger partial charge in [-0.05, 0) is 37.1 Å². The first kappa shape index (κ1) is 15.2. The molecular formula is C15H17N3O2S. The van der Waals surface area contributed by atoms with Crippen molar-refractivity contribution in [3.05, 3.63) is 46.6 Å². The molecule has 2 rings (SSSR count). The van der Waals surface area contributed by atoms with Gasteiger partial charge >= 0.3 is 0 Å². The van der Waals surface area contributed by atoms with E-state index in [1.54, 1.807) is 7.11 Å². The SMILES string of the molecule is COc1cccc(COc2nnc(C)c(C)c2C(N)=S)c1. The van der Waals surface area contributed by atoms with Gasteiger partial charge in [0.25, 0.3) is 0 Å². The predicted molar refractivity (Wildman–Crippen MR) is 84.7 cm³/mol. The molecule has 0 saturated carbocycles. The molecule has 5 nitrogen and oxygen atoms in total. The first-order chi connectivity index (χ1) is 10.0. The van der Waals surface area contributed by atoms with Crippen molar-refractivity contribution in [2.45, 2.75) is 20.5 Å². The zero-order valence-electron chi connectivity index (χ0n) is 12.2. The second-order valence-corrected chi connectivity index (χ2v) is 5.03. The van der Waals surface area contributed by atoms with Crippen LogP contribution in [-0.2, 0) is 6.61 Å². The van der Waals surface area contributed by atoms with Crippen LogP contribution in [0.4, 0.5) is 0 Å². The molecule has 1 aromatic carbocycles. The van der Waals surface area contributed by atoms with Gasteiger partial charge in [0.05, 0.1) is 18.4 Å². The number of aryl methyl sites for hydroxylation is 1. The van der Waals surface area contributed by atoms with Gasteiger partial charge in [0.1, 0.15) is 17.3 Å². The first-order valence-electron chi connectivity index (χ1n) is 6.42. The zero-order valence-corrected chi connectivity index (χ0v) is 13.0. The Kier molecular flexibility index (Phi) is 4.70. The molecule has 0 aliphatic carbocycles. The molecule has 0 spiro atoms. The molecule has 21 heavy (non-hydrogen) atoms. The molecule has 0 aliphatic rings. The lowest BCUT2D eigenvalue weighted by molar-refractivity contribution is 0.288. The molecule has 0 atom stereocenters. The largest absolute Gasteiger partial charge is 0.497 e. The lowest BCUT2D eigenvalue weighted by Crippen LogP contribution is -2.16. The fourth-order valence-electron chi connectivity index (χ4n) is 1.89. The number of rotatable bonds is 5. The minimum atomic E-state index is 0.256. The summed E-state index contributed by atoms with van der Waals surface area (Å²) in [5.74, 6) is 1.13. The molecule has 0 amide bonds. The third-order valence-corrected chi connectivity index (χ3v) is 3.38. The minimum Gasteiger partial charge on any atom is -0.497 e. The molecule has 1 aromatic heterocycles. The van der Waals surface area contributed by atoms with Crippen molar-refractivity contribution in [3.63, 3.8) is 0 Å². The maximum atomic E-state index is 5.76. The van der Waals surface area contributed by atoms with E-state index in [1.807, 2.05) is 38.1 Å². The molecule has 0 fully saturated rings. The molecule has 0 unspecified atom stereocenters. The van der Waals surface area contributed by atoms with E-state index < -0.39 is 0 Å². The van der Waals surface area contributed by atoms with E-state index in [9.17, 15) is 0 Å². The predicted octanol–water partition coefficient (Wildman–Crippen LogP) is 2.32. The molecule has 2 aromatic rings. The Balaban J connectivity index is 2.24. The van der Waals surface area contributed by atoms with E-state index in [0.29, 0.717) is 18.1 Å². The Labute approximate surface area is 129 Å². The minimum absolute atomic E-state index is 0.256. The van der Waals surface area contributed by atoms with Crippen molar-refractivity contribution < 1.29 is 9.47 Å². The summed E-state index contributed by atoms with van der Waals surface area (Å²) in [6.45, 7) is 4.09. The fraction of sp³-hybridized carbons (Fsp3) is 0.267. The first-order valence-corrected chi connectivity index (χ1v) is 6.83. The summed E-state index contributed by atoms with van der Waals surface area (Å²) < 4.78 is 10.9. The molecular weight excluding hydrogens is 286 g/mol. The molecule has 2 N–H and O–H groups in total. The molecule has 0 saturated heterocycles. The van der Waals surface area contributed by atoms with Crippen molar-refractivity contribution in [1.29, 1.82) is 0 Å². The van der Waals surface area contributed by atoms with Crippen LogP contribution in [0.2, 0.25) is 0 Å². The van der Waals surface area contributed by atoms with Crippen molar-refractivity contribution in [2.24, 2.45) is 5.73 Å². The van der Waals surface area contributed by atoms with Crippen LogP contribution in [-0.4, -0.2) is 22.3 Å². The fourth-order valence-corrected chi connectivity index (χ4v) is 2.13. The Morgan fingerprint density at radius 1 is 1.29 bits per heavy atom. The van der Waals surface area contributed by atoms with Gasteiger partial charge in [-0.15, -0.1) is 5.10 Å². The molecule has 6 heteroatoms. The number of nitrogens with zero attached hydrogens (tertiary/aromatic N) is 2. The molecule has 1 heterocycles. The summed E-state index contributed by atoms with van der Waals surface area (Å²) in [4.78, 5) is 0.256. The van der Waals surface area contributed by atoms with E-state index >= 15 is 0 Å². The van der Waals surface area contributed by atoms with Crippen LogP contribution in [0.5, 0.6) is 11.6 Å². The standard InChI is InChI=1S/C15H17N3O2S/c1-9-10(2)17-18-15(13(9)14(16)21)20-8-11-5-4-6-12(7-11)19-3/h4-7H,8H2,1-3H3,(H2,16,21). The highest BCUT2D eigenvalue weighted by Crippen LogP contribution is 2.22. The van der Waals surface area contributed by atoms with Gasteiger partial charge in [-0.25, -0.2) is 0 Å². The Hall–Kier alpha value is -2.21. The van der Waals surface area contributed by atoms with Gasteiger partial charge in [0.2, 0.25) is 5.88 Å². The second kappa shape index (κ2) is 6.49. The van der Waals surface area contributed by atoms with Crippen LogP contribution < -0.4 is 15.2 Å². The third kappa shape index (κ3) is 3.46. The number of ether oxygens (including phenoxy) is 2. The number of nitrogens with two attached hydrogens (primary N) is 1. The van der Waals surface area contributed by atoms with E-state index in [0.717, 1.165) is 22.6 Å². The van der Waals surface area contributed by atoms with E-state index in [1.165, 1.54) is 0 Å². The molecule has 110 valence electrons. The van der Waals surface area contributed by atoms with Crippen molar-refractivity contribution >= 4 is 17.2 Å². The van der Waals surface area contributed by atoms with Crippen molar-refractivity contribution in [2.75, 3.05) is 7.11 Å². The van der Waals surface area contributed by atoms with Crippen LogP contribution in [0.25, 0.3) is 0 Å². The zero-order chi connectivity index (χ0) is 15.4. The summed E-state index contributed by atoms with van der Waals surface area (Å²) in [7, 11) is 1.62. The molecule has 0 aliphatic heterocycles. The summed E-state index contributed by atoms with van der Waals surface area (Å²) in [5, 5.41) is 8.10. The smallest absolute Gasteiger partial charge is 0.244 e. The lowest BCUT2D eigenvalue weighted by Gasteiger charge is -2.12. The van der Waals surface area contributed by atoms with Crippen LogP contribution in [0.3, 0.4) is 0 Å². The number of hydrogen-bond acceptors (Lipinski definition) is 5. The van der Waals surface area contributed by atoms with Crippen LogP contribution in [0.1, 0.15) is 22.4 Å².